The minimum absolute atomic E-state index is 0.00191. The predicted octanol–water partition coefficient (Wildman–Crippen LogP) is 2.19. The lowest BCUT2D eigenvalue weighted by atomic mass is 10.2. The van der Waals surface area contributed by atoms with Crippen LogP contribution in [0.5, 0.6) is 0 Å². The minimum atomic E-state index is -3.83. The molecule has 0 bridgehead atoms. The Labute approximate surface area is 167 Å². The molecule has 0 unspecified atom stereocenters. The maximum absolute atomic E-state index is 12.5. The molecule has 2 heterocycles. The largest absolute Gasteiger partial charge is 0.459 e. The van der Waals surface area contributed by atoms with E-state index in [0.29, 0.717) is 11.4 Å². The van der Waals surface area contributed by atoms with Crippen LogP contribution in [0.15, 0.2) is 76.5 Å². The van der Waals surface area contributed by atoms with Crippen LogP contribution in [0.1, 0.15) is 10.6 Å². The molecule has 0 aliphatic carbocycles. The van der Waals surface area contributed by atoms with Gasteiger partial charge < -0.3 is 15.1 Å². The van der Waals surface area contributed by atoms with Gasteiger partial charge in [-0.3, -0.25) is 14.6 Å². The highest BCUT2D eigenvalue weighted by atomic mass is 32.2. The number of likely N-dealkylation sites (N-methyl/N-ethyl adjacent to an activating group) is 1. The Morgan fingerprint density at radius 1 is 1.07 bits per heavy atom. The summed E-state index contributed by atoms with van der Waals surface area (Å²) in [4.78, 5) is 28.1. The van der Waals surface area contributed by atoms with Crippen LogP contribution in [0, 0.1) is 0 Å². The fraction of sp³-hybridized carbons (Fsp3) is 0.105. The smallest absolute Gasteiger partial charge is 0.291 e. The van der Waals surface area contributed by atoms with Gasteiger partial charge in [0.15, 0.2) is 5.76 Å². The topological polar surface area (TPSA) is 122 Å². The van der Waals surface area contributed by atoms with Gasteiger partial charge in [0.05, 0.1) is 12.8 Å². The van der Waals surface area contributed by atoms with Gasteiger partial charge in [0.2, 0.25) is 15.9 Å². The Balaban J connectivity index is 1.63. The van der Waals surface area contributed by atoms with E-state index in [2.05, 4.69) is 15.6 Å². The number of amides is 2. The molecule has 0 aliphatic rings. The van der Waals surface area contributed by atoms with Crippen molar-refractivity contribution in [2.45, 2.75) is 4.90 Å². The lowest BCUT2D eigenvalue weighted by Crippen LogP contribution is -2.35. The first-order valence-electron chi connectivity index (χ1n) is 8.47. The van der Waals surface area contributed by atoms with Crippen molar-refractivity contribution in [1.29, 1.82) is 0 Å². The molecule has 150 valence electrons. The van der Waals surface area contributed by atoms with E-state index in [4.69, 9.17) is 4.42 Å². The molecule has 3 rings (SSSR count). The van der Waals surface area contributed by atoms with Gasteiger partial charge >= 0.3 is 0 Å². The molecule has 2 aromatic heterocycles. The number of carbonyl (C=O) groups excluding carboxylic acids is 2. The third-order valence-corrected chi connectivity index (χ3v) is 5.64. The first-order chi connectivity index (χ1) is 13.9. The number of carbonyl (C=O) groups is 2. The molecule has 0 saturated heterocycles. The van der Waals surface area contributed by atoms with E-state index in [-0.39, 0.29) is 17.2 Å². The monoisotopic (exact) mass is 414 g/mol. The van der Waals surface area contributed by atoms with Gasteiger partial charge in [-0.15, -0.1) is 0 Å². The normalized spacial score (nSPS) is 11.2. The summed E-state index contributed by atoms with van der Waals surface area (Å²) in [6.45, 7) is -0.389. The predicted molar refractivity (Wildman–Crippen MR) is 106 cm³/mol. The zero-order valence-corrected chi connectivity index (χ0v) is 16.2. The van der Waals surface area contributed by atoms with Gasteiger partial charge in [-0.1, -0.05) is 6.07 Å². The number of nitrogens with zero attached hydrogens (tertiary/aromatic N) is 2. The Bertz CT molecular complexity index is 1100. The molecular formula is C19H18N4O5S. The van der Waals surface area contributed by atoms with Gasteiger partial charge in [0.1, 0.15) is 4.90 Å². The van der Waals surface area contributed by atoms with Crippen molar-refractivity contribution in [2.75, 3.05) is 24.2 Å². The van der Waals surface area contributed by atoms with Crippen LogP contribution < -0.4 is 10.6 Å². The summed E-state index contributed by atoms with van der Waals surface area (Å²) in [5, 5.41) is 5.26. The maximum Gasteiger partial charge on any atom is 0.291 e. The summed E-state index contributed by atoms with van der Waals surface area (Å²) in [7, 11) is -2.53. The van der Waals surface area contributed by atoms with Gasteiger partial charge in [-0.05, 0) is 42.5 Å². The highest BCUT2D eigenvalue weighted by molar-refractivity contribution is 7.89. The van der Waals surface area contributed by atoms with Crippen LogP contribution in [-0.2, 0) is 14.8 Å². The Morgan fingerprint density at radius 2 is 1.83 bits per heavy atom. The summed E-state index contributed by atoms with van der Waals surface area (Å²) >= 11 is 0. The number of nitrogens with one attached hydrogen (secondary N) is 2. The number of rotatable bonds is 7. The van der Waals surface area contributed by atoms with Crippen LogP contribution in [0.4, 0.5) is 11.4 Å². The lowest BCUT2D eigenvalue weighted by Gasteiger charge is -2.16. The molecule has 0 aliphatic heterocycles. The van der Waals surface area contributed by atoms with Crippen molar-refractivity contribution >= 4 is 33.2 Å². The van der Waals surface area contributed by atoms with E-state index in [0.717, 1.165) is 4.31 Å². The molecular weight excluding hydrogens is 396 g/mol. The highest BCUT2D eigenvalue weighted by Gasteiger charge is 2.23. The highest BCUT2D eigenvalue weighted by Crippen LogP contribution is 2.17. The van der Waals surface area contributed by atoms with Crippen LogP contribution >= 0.6 is 0 Å². The molecule has 0 saturated carbocycles. The molecule has 9 nitrogen and oxygen atoms in total. The minimum Gasteiger partial charge on any atom is -0.459 e. The molecule has 2 N–H and O–H groups in total. The van der Waals surface area contributed by atoms with E-state index < -0.39 is 21.8 Å². The van der Waals surface area contributed by atoms with Crippen LogP contribution in [-0.4, -0.2) is 43.1 Å². The number of benzene rings is 1. The molecule has 1 aromatic carbocycles. The molecule has 3 aromatic rings. The number of hydrogen-bond acceptors (Lipinski definition) is 6. The number of anilines is 2. The number of sulfonamides is 1. The van der Waals surface area contributed by atoms with Crippen molar-refractivity contribution < 1.29 is 22.4 Å². The molecule has 29 heavy (non-hydrogen) atoms. The second-order valence-corrected chi connectivity index (χ2v) is 8.06. The summed E-state index contributed by atoms with van der Waals surface area (Å²) in [5.41, 5.74) is 0.847. The van der Waals surface area contributed by atoms with E-state index in [1.165, 1.54) is 43.9 Å². The van der Waals surface area contributed by atoms with E-state index >= 15 is 0 Å². The fourth-order valence-corrected chi connectivity index (χ4v) is 3.53. The molecule has 0 radical (unpaired) electrons. The Kier molecular flexibility index (Phi) is 6.05. The fourth-order valence-electron chi connectivity index (χ4n) is 2.44. The lowest BCUT2D eigenvalue weighted by molar-refractivity contribution is -0.116. The van der Waals surface area contributed by atoms with Gasteiger partial charge in [0, 0.05) is 30.8 Å². The second kappa shape index (κ2) is 8.67. The van der Waals surface area contributed by atoms with E-state index in [9.17, 15) is 18.0 Å². The third-order valence-electron chi connectivity index (χ3n) is 3.86. The number of hydrogen-bond donors (Lipinski definition) is 2. The average Bonchev–Trinajstić information content (AvgIpc) is 3.24. The first kappa shape index (κ1) is 20.2. The summed E-state index contributed by atoms with van der Waals surface area (Å²) in [6.07, 6.45) is 4.07. The van der Waals surface area contributed by atoms with E-state index in [1.54, 1.807) is 30.3 Å². The van der Waals surface area contributed by atoms with Crippen molar-refractivity contribution in [2.24, 2.45) is 0 Å². The summed E-state index contributed by atoms with van der Waals surface area (Å²) in [5.74, 6) is -0.808. The molecule has 2 amide bonds. The SMILES string of the molecule is CN(CC(=O)Nc1cccc(NC(=O)c2ccco2)c1)S(=O)(=O)c1cccnc1. The zero-order valence-electron chi connectivity index (χ0n) is 15.4. The molecule has 0 fully saturated rings. The van der Waals surface area contributed by atoms with Crippen LogP contribution in [0.2, 0.25) is 0 Å². The van der Waals surface area contributed by atoms with Crippen LogP contribution in [0.3, 0.4) is 0 Å². The van der Waals surface area contributed by atoms with Crippen molar-refractivity contribution in [1.82, 2.24) is 9.29 Å². The maximum atomic E-state index is 12.5. The van der Waals surface area contributed by atoms with Gasteiger partial charge in [-0.2, -0.15) is 4.31 Å². The van der Waals surface area contributed by atoms with Gasteiger partial charge in [0.25, 0.3) is 5.91 Å². The average molecular weight is 414 g/mol. The zero-order chi connectivity index (χ0) is 20.9. The Hall–Kier alpha value is -3.50. The first-order valence-corrected chi connectivity index (χ1v) is 9.91. The molecule has 0 spiro atoms. The molecule has 10 heteroatoms. The van der Waals surface area contributed by atoms with Crippen molar-refractivity contribution in [3.8, 4) is 0 Å². The number of furan rings is 1. The molecule has 0 atom stereocenters. The van der Waals surface area contributed by atoms with E-state index in [1.807, 2.05) is 0 Å². The van der Waals surface area contributed by atoms with Crippen LogP contribution in [0.25, 0.3) is 0 Å². The third kappa shape index (κ3) is 5.06. The second-order valence-electron chi connectivity index (χ2n) is 6.01. The number of pyridine rings is 1. The van der Waals surface area contributed by atoms with Crippen molar-refractivity contribution in [3.63, 3.8) is 0 Å². The standard InChI is InChI=1S/C19H18N4O5S/c1-23(29(26,27)16-7-3-9-20-12-16)13-18(24)21-14-5-2-6-15(11-14)22-19(25)17-8-4-10-28-17/h2-12H,13H2,1H3,(H,21,24)(H,22,25). The van der Waals surface area contributed by atoms with Crippen molar-refractivity contribution in [3.05, 3.63) is 72.9 Å². The number of aromatic nitrogens is 1. The Morgan fingerprint density at radius 3 is 2.48 bits per heavy atom. The quantitative estimate of drug-likeness (QED) is 0.611. The summed E-state index contributed by atoms with van der Waals surface area (Å²) in [6, 6.07) is 12.5. The van der Waals surface area contributed by atoms with Gasteiger partial charge in [-0.25, -0.2) is 8.42 Å². The summed E-state index contributed by atoms with van der Waals surface area (Å²) < 4.78 is 30.9.